The maximum atomic E-state index is 12.5. The van der Waals surface area contributed by atoms with E-state index in [-0.39, 0.29) is 17.2 Å². The number of hydrogen-bond donors (Lipinski definition) is 1. The predicted octanol–water partition coefficient (Wildman–Crippen LogP) is 0.517. The van der Waals surface area contributed by atoms with E-state index in [1.165, 1.54) is 0 Å². The first-order valence-electron chi connectivity index (χ1n) is 8.83. The normalized spacial score (nSPS) is 22.1. The minimum atomic E-state index is -0.472. The Balaban J connectivity index is 1.84. The molecule has 6 nitrogen and oxygen atoms in total. The summed E-state index contributed by atoms with van der Waals surface area (Å²) in [6.45, 7) is 11.3. The SMILES string of the molecule is CC(C)(C)[C@H](N)C(=O)N1CCCN(CC(=O)N2CCCC2)CC1. The first-order valence-corrected chi connectivity index (χ1v) is 8.83. The van der Waals surface area contributed by atoms with Gasteiger partial charge in [-0.2, -0.15) is 0 Å². The molecule has 2 amide bonds. The molecule has 0 unspecified atom stereocenters. The third kappa shape index (κ3) is 4.91. The third-order valence-corrected chi connectivity index (χ3v) is 4.92. The summed E-state index contributed by atoms with van der Waals surface area (Å²) in [5, 5.41) is 0. The van der Waals surface area contributed by atoms with Crippen molar-refractivity contribution in [1.82, 2.24) is 14.7 Å². The van der Waals surface area contributed by atoms with Gasteiger partial charge in [-0.3, -0.25) is 14.5 Å². The third-order valence-electron chi connectivity index (χ3n) is 4.92. The second kappa shape index (κ2) is 7.62. The smallest absolute Gasteiger partial charge is 0.240 e. The van der Waals surface area contributed by atoms with Gasteiger partial charge in [-0.05, 0) is 24.7 Å². The van der Waals surface area contributed by atoms with Crippen molar-refractivity contribution in [2.24, 2.45) is 11.1 Å². The summed E-state index contributed by atoms with van der Waals surface area (Å²) in [5.74, 6) is 0.263. The van der Waals surface area contributed by atoms with Crippen molar-refractivity contribution in [3.63, 3.8) is 0 Å². The fourth-order valence-electron chi connectivity index (χ4n) is 3.17. The highest BCUT2D eigenvalue weighted by Gasteiger charge is 2.32. The number of nitrogens with two attached hydrogens (primary N) is 1. The molecule has 2 rings (SSSR count). The summed E-state index contributed by atoms with van der Waals surface area (Å²) < 4.78 is 0. The van der Waals surface area contributed by atoms with Crippen LogP contribution in [-0.4, -0.2) is 78.4 Å². The Hall–Kier alpha value is -1.14. The Morgan fingerprint density at radius 1 is 0.913 bits per heavy atom. The van der Waals surface area contributed by atoms with Gasteiger partial charge in [0.05, 0.1) is 12.6 Å². The van der Waals surface area contributed by atoms with Crippen LogP contribution in [0.4, 0.5) is 0 Å². The molecule has 2 heterocycles. The summed E-state index contributed by atoms with van der Waals surface area (Å²) in [5.41, 5.74) is 5.88. The number of hydrogen-bond acceptors (Lipinski definition) is 4. The highest BCUT2D eigenvalue weighted by Crippen LogP contribution is 2.20. The summed E-state index contributed by atoms with van der Waals surface area (Å²) in [4.78, 5) is 30.8. The zero-order chi connectivity index (χ0) is 17.0. The number of rotatable bonds is 3. The van der Waals surface area contributed by atoms with Gasteiger partial charge in [0, 0.05) is 39.3 Å². The van der Waals surface area contributed by atoms with Crippen LogP contribution in [0.5, 0.6) is 0 Å². The Labute approximate surface area is 140 Å². The number of carbonyl (C=O) groups is 2. The van der Waals surface area contributed by atoms with Crippen molar-refractivity contribution in [3.8, 4) is 0 Å². The van der Waals surface area contributed by atoms with E-state index in [2.05, 4.69) is 4.90 Å². The molecule has 0 aromatic rings. The quantitative estimate of drug-likeness (QED) is 0.821. The van der Waals surface area contributed by atoms with E-state index in [0.717, 1.165) is 52.0 Å². The molecule has 2 saturated heterocycles. The maximum absolute atomic E-state index is 12.5. The van der Waals surface area contributed by atoms with Crippen molar-refractivity contribution >= 4 is 11.8 Å². The summed E-state index contributed by atoms with van der Waals surface area (Å²) in [6, 6.07) is -0.472. The van der Waals surface area contributed by atoms with Crippen LogP contribution in [0, 0.1) is 5.41 Å². The average molecular weight is 324 g/mol. The molecule has 0 aliphatic carbocycles. The van der Waals surface area contributed by atoms with Gasteiger partial charge < -0.3 is 15.5 Å². The minimum absolute atomic E-state index is 0.0326. The zero-order valence-electron chi connectivity index (χ0n) is 14.9. The van der Waals surface area contributed by atoms with Gasteiger partial charge >= 0.3 is 0 Å². The van der Waals surface area contributed by atoms with Crippen LogP contribution in [0.3, 0.4) is 0 Å². The van der Waals surface area contributed by atoms with Crippen LogP contribution in [-0.2, 0) is 9.59 Å². The molecule has 0 radical (unpaired) electrons. The molecule has 6 heteroatoms. The fourth-order valence-corrected chi connectivity index (χ4v) is 3.17. The molecule has 0 spiro atoms. The second-order valence-corrected chi connectivity index (χ2v) is 7.89. The average Bonchev–Trinajstić information content (AvgIpc) is 2.93. The zero-order valence-corrected chi connectivity index (χ0v) is 14.9. The Morgan fingerprint density at radius 3 is 2.13 bits per heavy atom. The molecule has 2 N–H and O–H groups in total. The first kappa shape index (κ1) is 18.2. The Morgan fingerprint density at radius 2 is 1.52 bits per heavy atom. The molecule has 0 aromatic heterocycles. The Bertz CT molecular complexity index is 427. The molecule has 2 aliphatic heterocycles. The summed E-state index contributed by atoms with van der Waals surface area (Å²) in [7, 11) is 0. The van der Waals surface area contributed by atoms with Crippen LogP contribution in [0.2, 0.25) is 0 Å². The standard InChI is InChI=1S/C17H32N4O2/c1-17(2,3)15(18)16(23)21-10-6-7-19(11-12-21)13-14(22)20-8-4-5-9-20/h15H,4-13,18H2,1-3H3/t15-/m1/s1. The van der Waals surface area contributed by atoms with Gasteiger partial charge in [0.2, 0.25) is 11.8 Å². The molecule has 132 valence electrons. The predicted molar refractivity (Wildman–Crippen MR) is 90.9 cm³/mol. The molecule has 0 aromatic carbocycles. The molecule has 0 saturated carbocycles. The largest absolute Gasteiger partial charge is 0.342 e. The molecule has 23 heavy (non-hydrogen) atoms. The lowest BCUT2D eigenvalue weighted by atomic mass is 9.86. The summed E-state index contributed by atoms with van der Waals surface area (Å²) in [6.07, 6.45) is 3.15. The lowest BCUT2D eigenvalue weighted by molar-refractivity contribution is -0.134. The maximum Gasteiger partial charge on any atom is 0.240 e. The van der Waals surface area contributed by atoms with Gasteiger partial charge in [0.25, 0.3) is 0 Å². The van der Waals surface area contributed by atoms with Crippen LogP contribution < -0.4 is 5.73 Å². The molecule has 0 bridgehead atoms. The van der Waals surface area contributed by atoms with E-state index in [0.29, 0.717) is 13.1 Å². The van der Waals surface area contributed by atoms with E-state index >= 15 is 0 Å². The van der Waals surface area contributed by atoms with Gasteiger partial charge in [0.1, 0.15) is 0 Å². The Kier molecular flexibility index (Phi) is 6.03. The minimum Gasteiger partial charge on any atom is -0.342 e. The van der Waals surface area contributed by atoms with Gasteiger partial charge in [0.15, 0.2) is 0 Å². The van der Waals surface area contributed by atoms with Crippen molar-refractivity contribution < 1.29 is 9.59 Å². The molecular formula is C17H32N4O2. The number of likely N-dealkylation sites (tertiary alicyclic amines) is 1. The van der Waals surface area contributed by atoms with Crippen LogP contribution in [0.1, 0.15) is 40.0 Å². The van der Waals surface area contributed by atoms with Crippen LogP contribution >= 0.6 is 0 Å². The molecule has 1 atom stereocenters. The van der Waals surface area contributed by atoms with Crippen LogP contribution in [0.15, 0.2) is 0 Å². The van der Waals surface area contributed by atoms with Crippen molar-refractivity contribution in [3.05, 3.63) is 0 Å². The lowest BCUT2D eigenvalue weighted by Gasteiger charge is -2.31. The first-order chi connectivity index (χ1) is 10.8. The second-order valence-electron chi connectivity index (χ2n) is 7.89. The van der Waals surface area contributed by atoms with Gasteiger partial charge in [-0.1, -0.05) is 20.8 Å². The number of carbonyl (C=O) groups excluding carboxylic acids is 2. The van der Waals surface area contributed by atoms with Gasteiger partial charge in [-0.15, -0.1) is 0 Å². The molecular weight excluding hydrogens is 292 g/mol. The highest BCUT2D eigenvalue weighted by molar-refractivity contribution is 5.82. The summed E-state index contributed by atoms with van der Waals surface area (Å²) >= 11 is 0. The molecule has 2 fully saturated rings. The van der Waals surface area contributed by atoms with E-state index in [1.54, 1.807) is 0 Å². The number of amides is 2. The molecule has 2 aliphatic rings. The van der Waals surface area contributed by atoms with Crippen molar-refractivity contribution in [2.45, 2.75) is 46.1 Å². The van der Waals surface area contributed by atoms with E-state index in [4.69, 9.17) is 5.73 Å². The van der Waals surface area contributed by atoms with E-state index in [9.17, 15) is 9.59 Å². The van der Waals surface area contributed by atoms with Crippen molar-refractivity contribution in [2.75, 3.05) is 45.8 Å². The lowest BCUT2D eigenvalue weighted by Crippen LogP contribution is -2.51. The van der Waals surface area contributed by atoms with E-state index in [1.807, 2.05) is 30.6 Å². The monoisotopic (exact) mass is 324 g/mol. The fraction of sp³-hybridized carbons (Fsp3) is 0.882. The topological polar surface area (TPSA) is 69.9 Å². The van der Waals surface area contributed by atoms with E-state index < -0.39 is 6.04 Å². The number of nitrogens with zero attached hydrogens (tertiary/aromatic N) is 3. The van der Waals surface area contributed by atoms with Gasteiger partial charge in [-0.25, -0.2) is 0 Å². The van der Waals surface area contributed by atoms with Crippen molar-refractivity contribution in [1.29, 1.82) is 0 Å². The highest BCUT2D eigenvalue weighted by atomic mass is 16.2. The van der Waals surface area contributed by atoms with Crippen LogP contribution in [0.25, 0.3) is 0 Å².